The number of rotatable bonds is 2. The number of hydrogen-bond donors (Lipinski definition) is 1. The maximum Gasteiger partial charge on any atom is 0.238 e. The largest absolute Gasteiger partial charge is 0.287 e. The van der Waals surface area contributed by atoms with Gasteiger partial charge in [-0.25, -0.2) is 15.0 Å². The smallest absolute Gasteiger partial charge is 0.238 e. The zero-order valence-corrected chi connectivity index (χ0v) is 8.23. The molecule has 4 heteroatoms. The second-order valence-electron chi connectivity index (χ2n) is 3.26. The van der Waals surface area contributed by atoms with Crippen LogP contribution in [0.5, 0.6) is 0 Å². The first kappa shape index (κ1) is 8.90. The van der Waals surface area contributed by atoms with Crippen molar-refractivity contribution in [2.24, 2.45) is 0 Å². The Morgan fingerprint density at radius 1 is 1.21 bits per heavy atom. The van der Waals surface area contributed by atoms with Crippen LogP contribution < -0.4 is 5.43 Å². The zero-order valence-electron chi connectivity index (χ0n) is 8.23. The van der Waals surface area contributed by atoms with Gasteiger partial charge in [-0.3, -0.25) is 5.43 Å². The molecule has 1 aromatic carbocycles. The SMILES string of the molecule is CN(C)Nc1ncc2ccccc2n1. The molecule has 0 aliphatic rings. The van der Waals surface area contributed by atoms with E-state index in [0.717, 1.165) is 10.9 Å². The summed E-state index contributed by atoms with van der Waals surface area (Å²) in [5, 5.41) is 2.86. The Hall–Kier alpha value is -1.68. The van der Waals surface area contributed by atoms with Gasteiger partial charge in [0.15, 0.2) is 0 Å². The molecule has 0 saturated carbocycles. The summed E-state index contributed by atoms with van der Waals surface area (Å²) in [7, 11) is 3.80. The molecule has 0 radical (unpaired) electrons. The third kappa shape index (κ3) is 1.80. The van der Waals surface area contributed by atoms with E-state index in [-0.39, 0.29) is 0 Å². The van der Waals surface area contributed by atoms with Gasteiger partial charge < -0.3 is 0 Å². The lowest BCUT2D eigenvalue weighted by Crippen LogP contribution is -2.21. The molecule has 72 valence electrons. The number of fused-ring (bicyclic) bond motifs is 1. The number of aromatic nitrogens is 2. The minimum absolute atomic E-state index is 0.619. The molecule has 0 unspecified atom stereocenters. The van der Waals surface area contributed by atoms with Crippen molar-refractivity contribution in [2.45, 2.75) is 0 Å². The van der Waals surface area contributed by atoms with Gasteiger partial charge in [-0.2, -0.15) is 0 Å². The van der Waals surface area contributed by atoms with Crippen molar-refractivity contribution in [3.8, 4) is 0 Å². The molecule has 0 fully saturated rings. The first-order valence-electron chi connectivity index (χ1n) is 4.41. The second-order valence-corrected chi connectivity index (χ2v) is 3.26. The third-order valence-corrected chi connectivity index (χ3v) is 1.81. The molecular weight excluding hydrogens is 176 g/mol. The lowest BCUT2D eigenvalue weighted by atomic mass is 10.2. The minimum atomic E-state index is 0.619. The number of anilines is 1. The number of hydrogen-bond acceptors (Lipinski definition) is 4. The highest BCUT2D eigenvalue weighted by atomic mass is 15.5. The molecule has 2 aromatic rings. The fourth-order valence-corrected chi connectivity index (χ4v) is 1.23. The Labute approximate surface area is 82.6 Å². The highest BCUT2D eigenvalue weighted by molar-refractivity contribution is 5.78. The number of nitrogens with one attached hydrogen (secondary N) is 1. The number of benzene rings is 1. The molecule has 4 nitrogen and oxygen atoms in total. The summed E-state index contributed by atoms with van der Waals surface area (Å²) in [6, 6.07) is 7.91. The summed E-state index contributed by atoms with van der Waals surface area (Å²) in [5.74, 6) is 0.619. The van der Waals surface area contributed by atoms with Gasteiger partial charge in [0.2, 0.25) is 5.95 Å². The highest BCUT2D eigenvalue weighted by Crippen LogP contribution is 2.11. The number of para-hydroxylation sites is 1. The summed E-state index contributed by atoms with van der Waals surface area (Å²) < 4.78 is 0. The number of hydrazine groups is 1. The predicted molar refractivity (Wildman–Crippen MR) is 56.8 cm³/mol. The topological polar surface area (TPSA) is 41.0 Å². The molecule has 0 aliphatic carbocycles. The molecule has 14 heavy (non-hydrogen) atoms. The van der Waals surface area contributed by atoms with Crippen LogP contribution in [0.3, 0.4) is 0 Å². The van der Waals surface area contributed by atoms with Crippen molar-refractivity contribution in [3.05, 3.63) is 30.5 Å². The van der Waals surface area contributed by atoms with E-state index < -0.39 is 0 Å². The Morgan fingerprint density at radius 2 is 2.00 bits per heavy atom. The third-order valence-electron chi connectivity index (χ3n) is 1.81. The summed E-state index contributed by atoms with van der Waals surface area (Å²) >= 11 is 0. The standard InChI is InChI=1S/C10H12N4/c1-14(2)13-10-11-7-8-5-3-4-6-9(8)12-10/h3-7H,1-2H3,(H,11,12,13). The van der Waals surface area contributed by atoms with Crippen molar-refractivity contribution in [1.82, 2.24) is 15.0 Å². The molecule has 1 N–H and O–H groups in total. The predicted octanol–water partition coefficient (Wildman–Crippen LogP) is 1.52. The molecule has 2 rings (SSSR count). The molecule has 0 amide bonds. The van der Waals surface area contributed by atoms with Crippen molar-refractivity contribution in [1.29, 1.82) is 0 Å². The van der Waals surface area contributed by atoms with Crippen LogP contribution >= 0.6 is 0 Å². The summed E-state index contributed by atoms with van der Waals surface area (Å²) in [6.45, 7) is 0. The van der Waals surface area contributed by atoms with Gasteiger partial charge in [0.1, 0.15) is 0 Å². The van der Waals surface area contributed by atoms with Crippen molar-refractivity contribution < 1.29 is 0 Å². The fraction of sp³-hybridized carbons (Fsp3) is 0.200. The van der Waals surface area contributed by atoms with E-state index in [1.807, 2.05) is 49.6 Å². The highest BCUT2D eigenvalue weighted by Gasteiger charge is 1.98. The van der Waals surface area contributed by atoms with Crippen LogP contribution in [0.15, 0.2) is 30.5 Å². The van der Waals surface area contributed by atoms with Crippen LogP contribution in [0.1, 0.15) is 0 Å². The van der Waals surface area contributed by atoms with Crippen LogP contribution in [-0.4, -0.2) is 29.1 Å². The van der Waals surface area contributed by atoms with E-state index in [1.54, 1.807) is 0 Å². The second kappa shape index (κ2) is 3.59. The molecule has 1 aromatic heterocycles. The van der Waals surface area contributed by atoms with Crippen LogP contribution in [0.2, 0.25) is 0 Å². The van der Waals surface area contributed by atoms with Crippen LogP contribution in [0.4, 0.5) is 5.95 Å². The quantitative estimate of drug-likeness (QED) is 0.725. The first-order chi connectivity index (χ1) is 6.75. The summed E-state index contributed by atoms with van der Waals surface area (Å²) in [5.41, 5.74) is 3.96. The van der Waals surface area contributed by atoms with E-state index in [2.05, 4.69) is 15.4 Å². The van der Waals surface area contributed by atoms with E-state index >= 15 is 0 Å². The van der Waals surface area contributed by atoms with Crippen molar-refractivity contribution in [2.75, 3.05) is 19.5 Å². The molecule has 0 atom stereocenters. The van der Waals surface area contributed by atoms with Gasteiger partial charge in [0.05, 0.1) is 5.52 Å². The lowest BCUT2D eigenvalue weighted by Gasteiger charge is -2.11. The Balaban J connectivity index is 2.41. The molecule has 1 heterocycles. The minimum Gasteiger partial charge on any atom is -0.287 e. The summed E-state index contributed by atoms with van der Waals surface area (Å²) in [4.78, 5) is 8.53. The van der Waals surface area contributed by atoms with Gasteiger partial charge in [0, 0.05) is 25.7 Å². The first-order valence-corrected chi connectivity index (χ1v) is 4.41. The maximum absolute atomic E-state index is 4.35. The average Bonchev–Trinajstić information content (AvgIpc) is 2.17. The molecule has 0 bridgehead atoms. The van der Waals surface area contributed by atoms with E-state index in [1.165, 1.54) is 0 Å². The molecule has 0 spiro atoms. The van der Waals surface area contributed by atoms with Gasteiger partial charge in [-0.1, -0.05) is 18.2 Å². The monoisotopic (exact) mass is 188 g/mol. The van der Waals surface area contributed by atoms with E-state index in [9.17, 15) is 0 Å². The van der Waals surface area contributed by atoms with Gasteiger partial charge in [-0.05, 0) is 6.07 Å². The van der Waals surface area contributed by atoms with Crippen LogP contribution in [0.25, 0.3) is 10.9 Å². The molecule has 0 saturated heterocycles. The average molecular weight is 188 g/mol. The Morgan fingerprint density at radius 3 is 2.79 bits per heavy atom. The van der Waals surface area contributed by atoms with Gasteiger partial charge >= 0.3 is 0 Å². The lowest BCUT2D eigenvalue weighted by molar-refractivity contribution is 0.489. The molecule has 0 aliphatic heterocycles. The Kier molecular flexibility index (Phi) is 2.28. The summed E-state index contributed by atoms with van der Waals surface area (Å²) in [6.07, 6.45) is 1.81. The van der Waals surface area contributed by atoms with Crippen LogP contribution in [-0.2, 0) is 0 Å². The zero-order chi connectivity index (χ0) is 9.97. The van der Waals surface area contributed by atoms with Gasteiger partial charge in [0.25, 0.3) is 0 Å². The van der Waals surface area contributed by atoms with Gasteiger partial charge in [-0.15, -0.1) is 0 Å². The van der Waals surface area contributed by atoms with E-state index in [4.69, 9.17) is 0 Å². The normalized spacial score (nSPS) is 10.8. The van der Waals surface area contributed by atoms with Crippen LogP contribution in [0, 0.1) is 0 Å². The van der Waals surface area contributed by atoms with E-state index in [0.29, 0.717) is 5.95 Å². The maximum atomic E-state index is 4.35. The van der Waals surface area contributed by atoms with Crippen molar-refractivity contribution in [3.63, 3.8) is 0 Å². The van der Waals surface area contributed by atoms with Crippen molar-refractivity contribution >= 4 is 16.9 Å². The number of nitrogens with zero attached hydrogens (tertiary/aromatic N) is 3. The molecular formula is C10H12N4. The fourth-order valence-electron chi connectivity index (χ4n) is 1.23. The Bertz CT molecular complexity index is 439.